The Labute approximate surface area is 149 Å². The molecule has 0 spiro atoms. The molecule has 1 amide bonds. The molecule has 1 atom stereocenters. The lowest BCUT2D eigenvalue weighted by Gasteiger charge is -2.37. The van der Waals surface area contributed by atoms with Crippen molar-refractivity contribution in [2.45, 2.75) is 6.04 Å². The summed E-state index contributed by atoms with van der Waals surface area (Å²) in [5.74, 6) is -0.0282. The van der Waals surface area contributed by atoms with Crippen molar-refractivity contribution >= 4 is 11.6 Å². The Bertz CT molecular complexity index is 697. The smallest absolute Gasteiger partial charge is 0.241 e. The quantitative estimate of drug-likeness (QED) is 0.905. The van der Waals surface area contributed by atoms with E-state index in [1.54, 1.807) is 7.11 Å². The SMILES string of the molecule is COC[C@H](N)C(=O)N1CCN(c2cccc(-c3ccccc3)c2)CC1. The van der Waals surface area contributed by atoms with Crippen LogP contribution >= 0.6 is 0 Å². The summed E-state index contributed by atoms with van der Waals surface area (Å²) in [4.78, 5) is 16.4. The van der Waals surface area contributed by atoms with Gasteiger partial charge < -0.3 is 20.3 Å². The predicted molar refractivity (Wildman–Crippen MR) is 101 cm³/mol. The molecule has 5 heteroatoms. The number of carbonyl (C=O) groups is 1. The number of piperazine rings is 1. The highest BCUT2D eigenvalue weighted by Crippen LogP contribution is 2.25. The summed E-state index contributed by atoms with van der Waals surface area (Å²) in [7, 11) is 1.56. The molecule has 0 bridgehead atoms. The Kier molecular flexibility index (Phi) is 5.68. The van der Waals surface area contributed by atoms with Crippen molar-refractivity contribution in [3.05, 3.63) is 54.6 Å². The van der Waals surface area contributed by atoms with Crippen LogP contribution in [0.1, 0.15) is 0 Å². The molecule has 1 aliphatic rings. The van der Waals surface area contributed by atoms with Gasteiger partial charge in [0.2, 0.25) is 5.91 Å². The van der Waals surface area contributed by atoms with Crippen molar-refractivity contribution in [2.75, 3.05) is 44.8 Å². The second-order valence-corrected chi connectivity index (χ2v) is 6.29. The van der Waals surface area contributed by atoms with Crippen molar-refractivity contribution in [3.63, 3.8) is 0 Å². The Hall–Kier alpha value is -2.37. The summed E-state index contributed by atoms with van der Waals surface area (Å²) in [6.07, 6.45) is 0. The lowest BCUT2D eigenvalue weighted by atomic mass is 10.0. The molecule has 1 aliphatic heterocycles. The fraction of sp³-hybridized carbons (Fsp3) is 0.350. The first-order chi connectivity index (χ1) is 12.2. The van der Waals surface area contributed by atoms with Crippen LogP contribution in [0.5, 0.6) is 0 Å². The van der Waals surface area contributed by atoms with Crippen LogP contribution < -0.4 is 10.6 Å². The molecule has 132 valence electrons. The molecule has 2 aromatic carbocycles. The van der Waals surface area contributed by atoms with Crippen LogP contribution in [0.4, 0.5) is 5.69 Å². The summed E-state index contributed by atoms with van der Waals surface area (Å²) in [6, 6.07) is 18.3. The maximum atomic E-state index is 12.3. The van der Waals surface area contributed by atoms with E-state index in [2.05, 4.69) is 53.4 Å². The minimum Gasteiger partial charge on any atom is -0.383 e. The van der Waals surface area contributed by atoms with Crippen LogP contribution in [0.15, 0.2) is 54.6 Å². The number of nitrogens with two attached hydrogens (primary N) is 1. The first-order valence-electron chi connectivity index (χ1n) is 8.63. The summed E-state index contributed by atoms with van der Waals surface area (Å²) in [6.45, 7) is 3.25. The van der Waals surface area contributed by atoms with E-state index < -0.39 is 6.04 Å². The Morgan fingerprint density at radius 3 is 2.40 bits per heavy atom. The second kappa shape index (κ2) is 8.14. The van der Waals surface area contributed by atoms with Crippen molar-refractivity contribution in [2.24, 2.45) is 5.73 Å². The third-order valence-corrected chi connectivity index (χ3v) is 4.57. The van der Waals surface area contributed by atoms with Crippen molar-refractivity contribution in [1.82, 2.24) is 4.90 Å². The fourth-order valence-electron chi connectivity index (χ4n) is 3.18. The molecule has 2 N–H and O–H groups in total. The monoisotopic (exact) mass is 339 g/mol. The predicted octanol–water partition coefficient (Wildman–Crippen LogP) is 1.98. The number of ether oxygens (including phenoxy) is 1. The van der Waals surface area contributed by atoms with Gasteiger partial charge in [0.15, 0.2) is 0 Å². The second-order valence-electron chi connectivity index (χ2n) is 6.29. The van der Waals surface area contributed by atoms with Gasteiger partial charge in [-0.2, -0.15) is 0 Å². The van der Waals surface area contributed by atoms with E-state index in [4.69, 9.17) is 10.5 Å². The molecule has 0 unspecified atom stereocenters. The summed E-state index contributed by atoms with van der Waals surface area (Å²) >= 11 is 0. The van der Waals surface area contributed by atoms with Gasteiger partial charge in [0.1, 0.15) is 6.04 Å². The van der Waals surface area contributed by atoms with Gasteiger partial charge in [0.25, 0.3) is 0 Å². The average Bonchev–Trinajstić information content (AvgIpc) is 2.68. The number of rotatable bonds is 5. The van der Waals surface area contributed by atoms with Gasteiger partial charge in [-0.1, -0.05) is 42.5 Å². The maximum absolute atomic E-state index is 12.3. The normalized spacial score (nSPS) is 15.9. The molecule has 0 aromatic heterocycles. The standard InChI is InChI=1S/C20H25N3O2/c1-25-15-19(21)20(24)23-12-10-22(11-13-23)18-9-5-8-17(14-18)16-6-3-2-4-7-16/h2-9,14,19H,10-13,15,21H2,1H3/t19-/m0/s1. The lowest BCUT2D eigenvalue weighted by molar-refractivity contribution is -0.134. The van der Waals surface area contributed by atoms with Gasteiger partial charge in [0.05, 0.1) is 6.61 Å². The van der Waals surface area contributed by atoms with Gasteiger partial charge in [-0.15, -0.1) is 0 Å². The summed E-state index contributed by atoms with van der Waals surface area (Å²) in [5.41, 5.74) is 9.47. The summed E-state index contributed by atoms with van der Waals surface area (Å²) < 4.78 is 4.98. The number of methoxy groups -OCH3 is 1. The number of nitrogens with zero attached hydrogens (tertiary/aromatic N) is 2. The van der Waals surface area contributed by atoms with Crippen molar-refractivity contribution < 1.29 is 9.53 Å². The first kappa shape index (κ1) is 17.5. The number of amides is 1. The van der Waals surface area contributed by atoms with Gasteiger partial charge in [0, 0.05) is 39.0 Å². The van der Waals surface area contributed by atoms with Crippen molar-refractivity contribution in [3.8, 4) is 11.1 Å². The van der Waals surface area contributed by atoms with Gasteiger partial charge in [-0.05, 0) is 23.3 Å². The zero-order chi connectivity index (χ0) is 17.6. The number of hydrogen-bond acceptors (Lipinski definition) is 4. The largest absolute Gasteiger partial charge is 0.383 e. The molecule has 1 heterocycles. The topological polar surface area (TPSA) is 58.8 Å². The summed E-state index contributed by atoms with van der Waals surface area (Å²) in [5, 5.41) is 0. The Balaban J connectivity index is 1.64. The highest BCUT2D eigenvalue weighted by molar-refractivity contribution is 5.82. The molecular weight excluding hydrogens is 314 g/mol. The van der Waals surface area contributed by atoms with E-state index in [1.165, 1.54) is 16.8 Å². The van der Waals surface area contributed by atoms with E-state index in [0.29, 0.717) is 13.1 Å². The van der Waals surface area contributed by atoms with E-state index in [1.807, 2.05) is 11.0 Å². The third-order valence-electron chi connectivity index (χ3n) is 4.57. The zero-order valence-electron chi connectivity index (χ0n) is 14.6. The Morgan fingerprint density at radius 2 is 1.72 bits per heavy atom. The average molecular weight is 339 g/mol. The highest BCUT2D eigenvalue weighted by Gasteiger charge is 2.25. The molecule has 2 aromatic rings. The molecule has 25 heavy (non-hydrogen) atoms. The minimum absolute atomic E-state index is 0.0282. The number of anilines is 1. The number of carbonyl (C=O) groups excluding carboxylic acids is 1. The van der Waals surface area contributed by atoms with Crippen LogP contribution in [0.2, 0.25) is 0 Å². The third kappa shape index (κ3) is 4.18. The molecule has 5 nitrogen and oxygen atoms in total. The fourth-order valence-corrected chi connectivity index (χ4v) is 3.18. The minimum atomic E-state index is -0.571. The highest BCUT2D eigenvalue weighted by atomic mass is 16.5. The zero-order valence-corrected chi connectivity index (χ0v) is 14.6. The van der Waals surface area contributed by atoms with E-state index in [-0.39, 0.29) is 12.5 Å². The van der Waals surface area contributed by atoms with E-state index in [9.17, 15) is 4.79 Å². The lowest BCUT2D eigenvalue weighted by Crippen LogP contribution is -2.54. The van der Waals surface area contributed by atoms with Crippen LogP contribution in [-0.4, -0.2) is 56.7 Å². The van der Waals surface area contributed by atoms with Gasteiger partial charge in [-0.25, -0.2) is 0 Å². The van der Waals surface area contributed by atoms with E-state index in [0.717, 1.165) is 13.1 Å². The number of hydrogen-bond donors (Lipinski definition) is 1. The van der Waals surface area contributed by atoms with Crippen LogP contribution in [0.25, 0.3) is 11.1 Å². The molecule has 0 radical (unpaired) electrons. The molecule has 0 saturated carbocycles. The molecule has 0 aliphatic carbocycles. The number of benzene rings is 2. The van der Waals surface area contributed by atoms with Gasteiger partial charge >= 0.3 is 0 Å². The van der Waals surface area contributed by atoms with Crippen LogP contribution in [-0.2, 0) is 9.53 Å². The molecule has 1 fully saturated rings. The Morgan fingerprint density at radius 1 is 1.04 bits per heavy atom. The molecule has 1 saturated heterocycles. The first-order valence-corrected chi connectivity index (χ1v) is 8.63. The molecule has 3 rings (SSSR count). The molecular formula is C20H25N3O2. The van der Waals surface area contributed by atoms with Crippen LogP contribution in [0.3, 0.4) is 0 Å². The van der Waals surface area contributed by atoms with Gasteiger partial charge in [-0.3, -0.25) is 4.79 Å². The maximum Gasteiger partial charge on any atom is 0.241 e. The van der Waals surface area contributed by atoms with Crippen LogP contribution in [0, 0.1) is 0 Å². The van der Waals surface area contributed by atoms with Crippen molar-refractivity contribution in [1.29, 1.82) is 0 Å². The van der Waals surface area contributed by atoms with E-state index >= 15 is 0 Å².